The lowest BCUT2D eigenvalue weighted by Gasteiger charge is -2.12. The molecule has 0 aliphatic rings. The van der Waals surface area contributed by atoms with Crippen molar-refractivity contribution in [2.45, 2.75) is 26.2 Å². The van der Waals surface area contributed by atoms with Crippen LogP contribution in [-0.4, -0.2) is 23.6 Å². The van der Waals surface area contributed by atoms with Crippen LogP contribution in [0.4, 0.5) is 10.3 Å². The van der Waals surface area contributed by atoms with Gasteiger partial charge in [-0.2, -0.15) is 0 Å². The van der Waals surface area contributed by atoms with Crippen LogP contribution in [0.5, 0.6) is 0 Å². The lowest BCUT2D eigenvalue weighted by atomic mass is 9.92. The van der Waals surface area contributed by atoms with Crippen molar-refractivity contribution in [3.8, 4) is 0 Å². The molecule has 0 saturated heterocycles. The summed E-state index contributed by atoms with van der Waals surface area (Å²) in [5, 5.41) is 6.31. The topological polar surface area (TPSA) is 81.4 Å². The monoisotopic (exact) mass is 346 g/mol. The van der Waals surface area contributed by atoms with E-state index in [9.17, 15) is 14.0 Å². The Bertz CT molecular complexity index is 790. The molecule has 7 heteroatoms. The molecule has 1 heterocycles. The fourth-order valence-electron chi connectivity index (χ4n) is 1.81. The first kappa shape index (κ1) is 18.4. The van der Waals surface area contributed by atoms with Gasteiger partial charge < -0.3 is 9.26 Å². The van der Waals surface area contributed by atoms with Crippen LogP contribution in [-0.2, 0) is 19.7 Å². The van der Waals surface area contributed by atoms with Gasteiger partial charge in [0.1, 0.15) is 5.82 Å². The third kappa shape index (κ3) is 5.56. The van der Waals surface area contributed by atoms with Crippen molar-refractivity contribution in [1.82, 2.24) is 5.16 Å². The van der Waals surface area contributed by atoms with Gasteiger partial charge in [0.2, 0.25) is 5.88 Å². The molecule has 1 amide bonds. The number of carbonyl (C=O) groups excluding carboxylic acids is 2. The Hall–Kier alpha value is -2.96. The molecule has 1 N–H and O–H groups in total. The summed E-state index contributed by atoms with van der Waals surface area (Å²) in [5.41, 5.74) is 0.726. The third-order valence-corrected chi connectivity index (χ3v) is 3.19. The third-order valence-electron chi connectivity index (χ3n) is 3.19. The largest absolute Gasteiger partial charge is 0.452 e. The summed E-state index contributed by atoms with van der Waals surface area (Å²) in [4.78, 5) is 23.3. The molecule has 6 nitrogen and oxygen atoms in total. The molecule has 1 aromatic carbocycles. The quantitative estimate of drug-likeness (QED) is 0.663. The Kier molecular flexibility index (Phi) is 5.69. The van der Waals surface area contributed by atoms with Crippen LogP contribution in [0, 0.1) is 5.82 Å². The lowest BCUT2D eigenvalue weighted by Crippen LogP contribution is -2.19. The standard InChI is InChI=1S/C18H19FN2O4/c1-18(2,3)14-10-16(25-21-14)20-15(22)11-24-17(23)9-8-12-6-4-5-7-13(12)19/h4-10H,11H2,1-3H3,(H,20,22)/b9-8+. The number of halogens is 1. The van der Waals surface area contributed by atoms with E-state index in [2.05, 4.69) is 10.5 Å². The van der Waals surface area contributed by atoms with Gasteiger partial charge in [-0.1, -0.05) is 44.1 Å². The van der Waals surface area contributed by atoms with Crippen LogP contribution in [0.2, 0.25) is 0 Å². The van der Waals surface area contributed by atoms with Gasteiger partial charge in [-0.3, -0.25) is 10.1 Å². The number of nitrogens with one attached hydrogen (secondary N) is 1. The maximum Gasteiger partial charge on any atom is 0.331 e. The van der Waals surface area contributed by atoms with Crippen LogP contribution < -0.4 is 5.32 Å². The summed E-state index contributed by atoms with van der Waals surface area (Å²) in [6.45, 7) is 5.38. The molecule has 0 radical (unpaired) electrons. The molecule has 0 atom stereocenters. The van der Waals surface area contributed by atoms with Crippen molar-refractivity contribution in [3.63, 3.8) is 0 Å². The number of carbonyl (C=O) groups is 2. The Balaban J connectivity index is 1.82. The number of amides is 1. The number of rotatable bonds is 5. The van der Waals surface area contributed by atoms with E-state index in [1.807, 2.05) is 20.8 Å². The lowest BCUT2D eigenvalue weighted by molar-refractivity contribution is -0.142. The predicted octanol–water partition coefficient (Wildman–Crippen LogP) is 3.31. The highest BCUT2D eigenvalue weighted by Crippen LogP contribution is 2.23. The summed E-state index contributed by atoms with van der Waals surface area (Å²) >= 11 is 0. The van der Waals surface area contributed by atoms with Gasteiger partial charge in [-0.05, 0) is 12.1 Å². The van der Waals surface area contributed by atoms with Gasteiger partial charge in [-0.15, -0.1) is 0 Å². The highest BCUT2D eigenvalue weighted by atomic mass is 19.1. The average Bonchev–Trinajstić information content (AvgIpc) is 3.01. The number of aromatic nitrogens is 1. The first-order valence-corrected chi connectivity index (χ1v) is 7.62. The molecule has 0 aliphatic heterocycles. The van der Waals surface area contributed by atoms with Gasteiger partial charge in [0, 0.05) is 23.1 Å². The molecule has 0 bridgehead atoms. The minimum Gasteiger partial charge on any atom is -0.452 e. The smallest absolute Gasteiger partial charge is 0.331 e. The van der Waals surface area contributed by atoms with Crippen LogP contribution in [0.15, 0.2) is 40.9 Å². The second-order valence-electron chi connectivity index (χ2n) is 6.34. The molecule has 0 saturated carbocycles. The van der Waals surface area contributed by atoms with E-state index in [0.717, 1.165) is 6.08 Å². The molecule has 0 aliphatic carbocycles. The van der Waals surface area contributed by atoms with E-state index in [-0.39, 0.29) is 16.9 Å². The number of benzene rings is 1. The second kappa shape index (κ2) is 7.74. The Morgan fingerprint density at radius 1 is 1.32 bits per heavy atom. The predicted molar refractivity (Wildman–Crippen MR) is 90.2 cm³/mol. The van der Waals surface area contributed by atoms with Crippen molar-refractivity contribution in [3.05, 3.63) is 53.5 Å². The normalized spacial score (nSPS) is 11.5. The van der Waals surface area contributed by atoms with Gasteiger partial charge >= 0.3 is 5.97 Å². The molecule has 132 valence electrons. The van der Waals surface area contributed by atoms with Gasteiger partial charge in [0.05, 0.1) is 5.69 Å². The van der Waals surface area contributed by atoms with Gasteiger partial charge in [-0.25, -0.2) is 9.18 Å². The molecule has 25 heavy (non-hydrogen) atoms. The van der Waals surface area contributed by atoms with Crippen LogP contribution in [0.1, 0.15) is 32.0 Å². The molecule has 2 rings (SSSR count). The molecule has 0 unspecified atom stereocenters. The molecular weight excluding hydrogens is 327 g/mol. The first-order chi connectivity index (χ1) is 11.8. The Morgan fingerprint density at radius 3 is 2.68 bits per heavy atom. The van der Waals surface area contributed by atoms with E-state index in [0.29, 0.717) is 5.69 Å². The van der Waals surface area contributed by atoms with Crippen LogP contribution in [0.25, 0.3) is 6.08 Å². The highest BCUT2D eigenvalue weighted by molar-refractivity contribution is 5.93. The van der Waals surface area contributed by atoms with Gasteiger partial charge in [0.25, 0.3) is 5.91 Å². The van der Waals surface area contributed by atoms with E-state index in [1.165, 1.54) is 18.2 Å². The zero-order chi connectivity index (χ0) is 18.4. The van der Waals surface area contributed by atoms with Crippen molar-refractivity contribution in [2.75, 3.05) is 11.9 Å². The number of ether oxygens (including phenoxy) is 1. The van der Waals surface area contributed by atoms with Crippen LogP contribution >= 0.6 is 0 Å². The number of anilines is 1. The summed E-state index contributed by atoms with van der Waals surface area (Å²) in [6.07, 6.45) is 2.33. The summed E-state index contributed by atoms with van der Waals surface area (Å²) in [7, 11) is 0. The van der Waals surface area contributed by atoms with E-state index >= 15 is 0 Å². The maximum absolute atomic E-state index is 13.4. The SMILES string of the molecule is CC(C)(C)c1cc(NC(=O)COC(=O)/C=C/c2ccccc2F)on1. The van der Waals surface area contributed by atoms with E-state index in [1.54, 1.807) is 18.2 Å². The highest BCUT2D eigenvalue weighted by Gasteiger charge is 2.19. The molecule has 1 aromatic heterocycles. The first-order valence-electron chi connectivity index (χ1n) is 7.62. The molecule has 2 aromatic rings. The zero-order valence-electron chi connectivity index (χ0n) is 14.2. The van der Waals surface area contributed by atoms with Crippen molar-refractivity contribution < 1.29 is 23.2 Å². The minimum atomic E-state index is -0.758. The zero-order valence-corrected chi connectivity index (χ0v) is 14.2. The summed E-state index contributed by atoms with van der Waals surface area (Å²) < 4.78 is 23.2. The molecule has 0 spiro atoms. The molecule has 0 fully saturated rings. The summed E-state index contributed by atoms with van der Waals surface area (Å²) in [5.74, 6) is -1.60. The van der Waals surface area contributed by atoms with Gasteiger partial charge in [0.15, 0.2) is 6.61 Å². The average molecular weight is 346 g/mol. The van der Waals surface area contributed by atoms with E-state index in [4.69, 9.17) is 9.26 Å². The number of hydrogen-bond donors (Lipinski definition) is 1. The molecular formula is C18H19FN2O4. The fraction of sp³-hybridized carbons (Fsp3) is 0.278. The Morgan fingerprint density at radius 2 is 2.04 bits per heavy atom. The Labute approximate surface area is 144 Å². The van der Waals surface area contributed by atoms with Crippen molar-refractivity contribution in [2.24, 2.45) is 0 Å². The van der Waals surface area contributed by atoms with Crippen molar-refractivity contribution >= 4 is 23.8 Å². The summed E-state index contributed by atoms with van der Waals surface area (Å²) in [6, 6.07) is 7.59. The number of nitrogens with zero attached hydrogens (tertiary/aromatic N) is 1. The fourth-order valence-corrected chi connectivity index (χ4v) is 1.81. The van der Waals surface area contributed by atoms with Crippen molar-refractivity contribution in [1.29, 1.82) is 0 Å². The van der Waals surface area contributed by atoms with Crippen LogP contribution in [0.3, 0.4) is 0 Å². The maximum atomic E-state index is 13.4. The second-order valence-corrected chi connectivity index (χ2v) is 6.34. The minimum absolute atomic E-state index is 0.174. The number of hydrogen-bond acceptors (Lipinski definition) is 5. The number of esters is 1. The van der Waals surface area contributed by atoms with E-state index < -0.39 is 24.3 Å².